The summed E-state index contributed by atoms with van der Waals surface area (Å²) >= 11 is 0. The highest BCUT2D eigenvalue weighted by Crippen LogP contribution is 2.48. The lowest BCUT2D eigenvalue weighted by atomic mass is 9.95. The molecule has 0 spiro atoms. The molecule has 3 nitrogen and oxygen atoms in total. The standard InChI is InChI=1S/C10H14NO2/c1-9(2)7-5-13-6-8(7)10(3,4)11(9)12/h5-6H,1-4H3. The lowest BCUT2D eigenvalue weighted by molar-refractivity contribution is -0.266. The van der Waals surface area contributed by atoms with Crippen molar-refractivity contribution in [2.75, 3.05) is 0 Å². The van der Waals surface area contributed by atoms with Crippen molar-refractivity contribution in [3.63, 3.8) is 0 Å². The highest BCUT2D eigenvalue weighted by molar-refractivity contribution is 5.38. The molecule has 0 aliphatic carbocycles. The van der Waals surface area contributed by atoms with Gasteiger partial charge in [-0.2, -0.15) is 0 Å². The summed E-state index contributed by atoms with van der Waals surface area (Å²) in [6.07, 6.45) is 3.35. The average molecular weight is 180 g/mol. The molecular formula is C10H14NO2. The van der Waals surface area contributed by atoms with Crippen LogP contribution >= 0.6 is 0 Å². The predicted octanol–water partition coefficient (Wildman–Crippen LogP) is 2.41. The third kappa shape index (κ3) is 0.860. The van der Waals surface area contributed by atoms with Crippen LogP contribution in [0, 0.1) is 0 Å². The molecule has 0 unspecified atom stereocenters. The summed E-state index contributed by atoms with van der Waals surface area (Å²) < 4.78 is 5.14. The van der Waals surface area contributed by atoms with Crippen molar-refractivity contribution in [2.24, 2.45) is 0 Å². The summed E-state index contributed by atoms with van der Waals surface area (Å²) in [4.78, 5) is 0. The van der Waals surface area contributed by atoms with Gasteiger partial charge < -0.3 is 4.42 Å². The molecule has 2 heterocycles. The van der Waals surface area contributed by atoms with Gasteiger partial charge in [0.05, 0.1) is 23.6 Å². The molecular weight excluding hydrogens is 166 g/mol. The first-order valence-electron chi connectivity index (χ1n) is 4.43. The van der Waals surface area contributed by atoms with E-state index in [4.69, 9.17) is 4.42 Å². The topological polar surface area (TPSA) is 36.3 Å². The van der Waals surface area contributed by atoms with Crippen molar-refractivity contribution in [3.05, 3.63) is 23.7 Å². The monoisotopic (exact) mass is 180 g/mol. The van der Waals surface area contributed by atoms with E-state index in [1.165, 1.54) is 0 Å². The van der Waals surface area contributed by atoms with E-state index in [2.05, 4.69) is 0 Å². The number of fused-ring (bicyclic) bond motifs is 1. The first-order valence-corrected chi connectivity index (χ1v) is 4.43. The molecule has 0 saturated carbocycles. The fourth-order valence-corrected chi connectivity index (χ4v) is 2.16. The van der Waals surface area contributed by atoms with Crippen LogP contribution in [-0.2, 0) is 16.3 Å². The molecule has 71 valence electrons. The van der Waals surface area contributed by atoms with Gasteiger partial charge in [0.15, 0.2) is 0 Å². The Kier molecular flexibility index (Phi) is 1.46. The minimum absolute atomic E-state index is 0.466. The predicted molar refractivity (Wildman–Crippen MR) is 47.3 cm³/mol. The minimum Gasteiger partial charge on any atom is -0.472 e. The molecule has 0 fully saturated rings. The Labute approximate surface area is 77.9 Å². The molecule has 1 aromatic rings. The average Bonchev–Trinajstić information content (AvgIpc) is 2.54. The van der Waals surface area contributed by atoms with Gasteiger partial charge in [0.1, 0.15) is 0 Å². The van der Waals surface area contributed by atoms with Gasteiger partial charge in [0.2, 0.25) is 0 Å². The second kappa shape index (κ2) is 2.16. The third-order valence-corrected chi connectivity index (χ3v) is 3.00. The molecule has 1 radical (unpaired) electrons. The van der Waals surface area contributed by atoms with Crippen LogP contribution in [0.3, 0.4) is 0 Å². The first kappa shape index (κ1) is 8.78. The Morgan fingerprint density at radius 1 is 1.08 bits per heavy atom. The fraction of sp³-hybridized carbons (Fsp3) is 0.600. The number of hydroxylamine groups is 2. The lowest BCUT2D eigenvalue weighted by Crippen LogP contribution is -2.41. The normalized spacial score (nSPS) is 24.7. The summed E-state index contributed by atoms with van der Waals surface area (Å²) in [6, 6.07) is 0. The Hall–Kier alpha value is -0.800. The largest absolute Gasteiger partial charge is 0.472 e. The van der Waals surface area contributed by atoms with Crippen molar-refractivity contribution in [1.82, 2.24) is 5.06 Å². The van der Waals surface area contributed by atoms with E-state index >= 15 is 0 Å². The van der Waals surface area contributed by atoms with E-state index < -0.39 is 11.1 Å². The van der Waals surface area contributed by atoms with Gasteiger partial charge in [0.25, 0.3) is 0 Å². The molecule has 1 aromatic heterocycles. The number of rotatable bonds is 0. The maximum absolute atomic E-state index is 11.9. The minimum atomic E-state index is -0.466. The van der Waals surface area contributed by atoms with Crippen LogP contribution in [0.2, 0.25) is 0 Å². The Bertz CT molecular complexity index is 308. The van der Waals surface area contributed by atoms with Gasteiger partial charge in [-0.1, -0.05) is 0 Å². The van der Waals surface area contributed by atoms with Crippen molar-refractivity contribution < 1.29 is 9.62 Å². The maximum atomic E-state index is 11.9. The molecule has 0 aromatic carbocycles. The van der Waals surface area contributed by atoms with Crippen LogP contribution in [-0.4, -0.2) is 5.06 Å². The van der Waals surface area contributed by atoms with Gasteiger partial charge in [-0.25, -0.2) is 0 Å². The van der Waals surface area contributed by atoms with E-state index in [0.717, 1.165) is 16.2 Å². The second-order valence-electron chi connectivity index (χ2n) is 4.61. The van der Waals surface area contributed by atoms with Gasteiger partial charge in [-0.3, -0.25) is 0 Å². The number of hydrogen-bond donors (Lipinski definition) is 0. The highest BCUT2D eigenvalue weighted by atomic mass is 16.5. The van der Waals surface area contributed by atoms with Crippen LogP contribution in [0.1, 0.15) is 38.8 Å². The Morgan fingerprint density at radius 2 is 1.46 bits per heavy atom. The van der Waals surface area contributed by atoms with Gasteiger partial charge in [-0.05, 0) is 27.7 Å². The first-order chi connectivity index (χ1) is 5.88. The van der Waals surface area contributed by atoms with Crippen molar-refractivity contribution in [3.8, 4) is 0 Å². The summed E-state index contributed by atoms with van der Waals surface area (Å²) in [7, 11) is 0. The van der Waals surface area contributed by atoms with Crippen LogP contribution in [0.4, 0.5) is 0 Å². The molecule has 0 atom stereocenters. The maximum Gasteiger partial charge on any atom is 0.0957 e. The SMILES string of the molecule is CC1(C)c2cocc2C(C)(C)N1[O]. The highest BCUT2D eigenvalue weighted by Gasteiger charge is 2.51. The van der Waals surface area contributed by atoms with E-state index in [1.54, 1.807) is 12.5 Å². The van der Waals surface area contributed by atoms with Crippen molar-refractivity contribution in [1.29, 1.82) is 0 Å². The summed E-state index contributed by atoms with van der Waals surface area (Å²) in [5, 5.41) is 13.1. The molecule has 0 saturated heterocycles. The number of furan rings is 1. The zero-order valence-corrected chi connectivity index (χ0v) is 8.42. The summed E-state index contributed by atoms with van der Waals surface area (Å²) in [5.74, 6) is 0. The molecule has 1 aliphatic heterocycles. The third-order valence-electron chi connectivity index (χ3n) is 3.00. The molecule has 2 rings (SSSR count). The lowest BCUT2D eigenvalue weighted by Gasteiger charge is -2.32. The van der Waals surface area contributed by atoms with E-state index in [0.29, 0.717) is 0 Å². The van der Waals surface area contributed by atoms with Gasteiger partial charge in [-0.15, -0.1) is 10.3 Å². The number of hydrogen-bond acceptors (Lipinski definition) is 2. The fourth-order valence-electron chi connectivity index (χ4n) is 2.16. The number of nitrogens with zero attached hydrogens (tertiary/aromatic N) is 1. The molecule has 0 N–H and O–H groups in total. The van der Waals surface area contributed by atoms with Crippen LogP contribution in [0.15, 0.2) is 16.9 Å². The Morgan fingerprint density at radius 3 is 1.85 bits per heavy atom. The van der Waals surface area contributed by atoms with E-state index in [-0.39, 0.29) is 0 Å². The zero-order valence-electron chi connectivity index (χ0n) is 8.42. The molecule has 0 bridgehead atoms. The van der Waals surface area contributed by atoms with Crippen molar-refractivity contribution in [2.45, 2.75) is 38.8 Å². The van der Waals surface area contributed by atoms with Gasteiger partial charge >= 0.3 is 0 Å². The summed E-state index contributed by atoms with van der Waals surface area (Å²) in [5.41, 5.74) is 1.08. The van der Waals surface area contributed by atoms with Crippen LogP contribution < -0.4 is 0 Å². The smallest absolute Gasteiger partial charge is 0.0957 e. The molecule has 1 aliphatic rings. The molecule has 13 heavy (non-hydrogen) atoms. The van der Waals surface area contributed by atoms with E-state index in [9.17, 15) is 5.21 Å². The van der Waals surface area contributed by atoms with Gasteiger partial charge in [0, 0.05) is 11.1 Å². The zero-order chi connectivity index (χ0) is 9.85. The second-order valence-corrected chi connectivity index (χ2v) is 4.61. The Balaban J connectivity index is 2.65. The van der Waals surface area contributed by atoms with E-state index in [1.807, 2.05) is 27.7 Å². The van der Waals surface area contributed by atoms with Crippen LogP contribution in [0.25, 0.3) is 0 Å². The molecule has 0 amide bonds. The summed E-state index contributed by atoms with van der Waals surface area (Å²) in [6.45, 7) is 7.68. The van der Waals surface area contributed by atoms with Crippen molar-refractivity contribution >= 4 is 0 Å². The van der Waals surface area contributed by atoms with Crippen LogP contribution in [0.5, 0.6) is 0 Å². The molecule has 3 heteroatoms. The quantitative estimate of drug-likeness (QED) is 0.614.